The van der Waals surface area contributed by atoms with Gasteiger partial charge in [0.25, 0.3) is 0 Å². The Hall–Kier alpha value is -1.73. The molecule has 7 heteroatoms. The number of hydrogen-bond acceptors (Lipinski definition) is 5. The fourth-order valence-electron chi connectivity index (χ4n) is 3.33. The first-order valence-corrected chi connectivity index (χ1v) is 10.0. The number of rotatable bonds is 3. The number of aromatic nitrogens is 2. The second kappa shape index (κ2) is 6.29. The molecule has 0 N–H and O–H groups in total. The fraction of sp³-hybridized carbons (Fsp3) is 0.529. The molecule has 0 spiro atoms. The molecule has 24 heavy (non-hydrogen) atoms. The van der Waals surface area contributed by atoms with Gasteiger partial charge in [-0.25, -0.2) is 22.7 Å². The zero-order valence-corrected chi connectivity index (χ0v) is 15.5. The Bertz CT molecular complexity index is 866. The summed E-state index contributed by atoms with van der Waals surface area (Å²) >= 11 is 0. The summed E-state index contributed by atoms with van der Waals surface area (Å²) in [4.78, 5) is 11.4. The highest BCUT2D eigenvalue weighted by molar-refractivity contribution is 7.88. The van der Waals surface area contributed by atoms with Gasteiger partial charge in [-0.2, -0.15) is 0 Å². The monoisotopic (exact) mass is 348 g/mol. The SMILES string of the molecule is Cc1cc(C)c2ccc(N3CCCC(N(C)S(C)(=O)=O)C3)nc2n1. The predicted molar refractivity (Wildman–Crippen MR) is 96.9 cm³/mol. The Morgan fingerprint density at radius 3 is 2.71 bits per heavy atom. The number of sulfonamides is 1. The molecule has 2 aromatic heterocycles. The molecule has 1 aliphatic heterocycles. The molecule has 0 aliphatic carbocycles. The van der Waals surface area contributed by atoms with Crippen LogP contribution in [0.5, 0.6) is 0 Å². The molecule has 0 radical (unpaired) electrons. The van der Waals surface area contributed by atoms with Crippen LogP contribution in [0.15, 0.2) is 18.2 Å². The van der Waals surface area contributed by atoms with Crippen molar-refractivity contribution in [1.82, 2.24) is 14.3 Å². The van der Waals surface area contributed by atoms with Gasteiger partial charge >= 0.3 is 0 Å². The van der Waals surface area contributed by atoms with Gasteiger partial charge in [-0.1, -0.05) is 0 Å². The van der Waals surface area contributed by atoms with Gasteiger partial charge in [-0.05, 0) is 50.5 Å². The van der Waals surface area contributed by atoms with Crippen molar-refractivity contribution in [2.24, 2.45) is 0 Å². The number of anilines is 1. The van der Waals surface area contributed by atoms with Crippen molar-refractivity contribution in [1.29, 1.82) is 0 Å². The van der Waals surface area contributed by atoms with Gasteiger partial charge in [-0.15, -0.1) is 0 Å². The van der Waals surface area contributed by atoms with E-state index < -0.39 is 10.0 Å². The lowest BCUT2D eigenvalue weighted by atomic mass is 10.1. The average molecular weight is 348 g/mol. The van der Waals surface area contributed by atoms with Crippen LogP contribution >= 0.6 is 0 Å². The van der Waals surface area contributed by atoms with E-state index in [1.165, 1.54) is 16.1 Å². The first kappa shape index (κ1) is 17.1. The normalized spacial score (nSPS) is 19.2. The Balaban J connectivity index is 1.90. The predicted octanol–water partition coefficient (Wildman–Crippen LogP) is 2.11. The maximum Gasteiger partial charge on any atom is 0.211 e. The highest BCUT2D eigenvalue weighted by Crippen LogP contribution is 2.24. The van der Waals surface area contributed by atoms with E-state index in [0.29, 0.717) is 6.54 Å². The van der Waals surface area contributed by atoms with E-state index in [9.17, 15) is 8.42 Å². The second-order valence-corrected chi connectivity index (χ2v) is 8.68. The molecule has 1 aliphatic rings. The third-order valence-electron chi connectivity index (χ3n) is 4.75. The van der Waals surface area contributed by atoms with Crippen molar-refractivity contribution < 1.29 is 8.42 Å². The molecule has 1 fully saturated rings. The highest BCUT2D eigenvalue weighted by Gasteiger charge is 2.28. The van der Waals surface area contributed by atoms with Gasteiger partial charge in [0.1, 0.15) is 5.82 Å². The largest absolute Gasteiger partial charge is 0.355 e. The van der Waals surface area contributed by atoms with Crippen LogP contribution in [0.2, 0.25) is 0 Å². The molecule has 2 aromatic rings. The van der Waals surface area contributed by atoms with Crippen molar-refractivity contribution >= 4 is 26.9 Å². The summed E-state index contributed by atoms with van der Waals surface area (Å²) in [5.74, 6) is 0.867. The minimum absolute atomic E-state index is 0.0153. The molecule has 6 nitrogen and oxygen atoms in total. The van der Waals surface area contributed by atoms with Crippen LogP contribution in [0.1, 0.15) is 24.1 Å². The number of likely N-dealkylation sites (N-methyl/N-ethyl adjacent to an activating group) is 1. The minimum Gasteiger partial charge on any atom is -0.355 e. The first-order valence-electron chi connectivity index (χ1n) is 8.18. The van der Waals surface area contributed by atoms with E-state index in [0.717, 1.165) is 41.9 Å². The Labute approximate surface area is 143 Å². The maximum atomic E-state index is 11.8. The number of fused-ring (bicyclic) bond motifs is 1. The van der Waals surface area contributed by atoms with E-state index in [4.69, 9.17) is 4.98 Å². The van der Waals surface area contributed by atoms with E-state index in [2.05, 4.69) is 28.9 Å². The smallest absolute Gasteiger partial charge is 0.211 e. The van der Waals surface area contributed by atoms with Crippen molar-refractivity contribution in [3.05, 3.63) is 29.5 Å². The number of hydrogen-bond donors (Lipinski definition) is 0. The fourth-order valence-corrected chi connectivity index (χ4v) is 4.04. The number of pyridine rings is 2. The maximum absolute atomic E-state index is 11.8. The summed E-state index contributed by atoms with van der Waals surface area (Å²) in [5.41, 5.74) is 2.88. The van der Waals surface area contributed by atoms with Crippen LogP contribution in [0.4, 0.5) is 5.82 Å². The molecule has 3 heterocycles. The molecule has 0 bridgehead atoms. The van der Waals surface area contributed by atoms with Gasteiger partial charge in [0.2, 0.25) is 10.0 Å². The summed E-state index contributed by atoms with van der Waals surface area (Å²) in [5, 5.41) is 1.06. The van der Waals surface area contributed by atoms with Crippen LogP contribution in [0.3, 0.4) is 0 Å². The quantitative estimate of drug-likeness (QED) is 0.850. The van der Waals surface area contributed by atoms with Crippen molar-refractivity contribution in [3.8, 4) is 0 Å². The lowest BCUT2D eigenvalue weighted by Gasteiger charge is -2.37. The Morgan fingerprint density at radius 2 is 2.00 bits per heavy atom. The molecule has 1 atom stereocenters. The number of nitrogens with zero attached hydrogens (tertiary/aromatic N) is 4. The standard InChI is InChI=1S/C17H24N4O2S/c1-12-10-13(2)18-17-15(12)7-8-16(19-17)21-9-5-6-14(11-21)20(3)24(4,22)23/h7-8,10,14H,5-6,9,11H2,1-4H3. The van der Waals surface area contributed by atoms with Crippen molar-refractivity contribution in [2.75, 3.05) is 31.3 Å². The molecule has 130 valence electrons. The first-order chi connectivity index (χ1) is 11.3. The van der Waals surface area contributed by atoms with E-state index in [1.807, 2.05) is 13.0 Å². The molecule has 0 aromatic carbocycles. The Kier molecular flexibility index (Phi) is 4.48. The van der Waals surface area contributed by atoms with Crippen LogP contribution in [-0.4, -0.2) is 55.1 Å². The van der Waals surface area contributed by atoms with Crippen molar-refractivity contribution in [2.45, 2.75) is 32.7 Å². The van der Waals surface area contributed by atoms with Gasteiger partial charge < -0.3 is 4.90 Å². The molecule has 1 saturated heterocycles. The molecule has 0 saturated carbocycles. The number of piperidine rings is 1. The second-order valence-electron chi connectivity index (χ2n) is 6.64. The third-order valence-corrected chi connectivity index (χ3v) is 6.10. The van der Waals surface area contributed by atoms with E-state index in [1.54, 1.807) is 7.05 Å². The average Bonchev–Trinajstić information content (AvgIpc) is 2.52. The van der Waals surface area contributed by atoms with Crippen LogP contribution in [0.25, 0.3) is 11.0 Å². The zero-order chi connectivity index (χ0) is 17.5. The van der Waals surface area contributed by atoms with Gasteiger partial charge in [0.05, 0.1) is 6.26 Å². The van der Waals surface area contributed by atoms with Gasteiger partial charge in [-0.3, -0.25) is 0 Å². The summed E-state index contributed by atoms with van der Waals surface area (Å²) in [7, 11) is -1.52. The van der Waals surface area contributed by atoms with E-state index >= 15 is 0 Å². The van der Waals surface area contributed by atoms with Crippen LogP contribution in [0, 0.1) is 13.8 Å². The van der Waals surface area contributed by atoms with Gasteiger partial charge in [0, 0.05) is 37.3 Å². The third kappa shape index (κ3) is 3.37. The lowest BCUT2D eigenvalue weighted by molar-refractivity contribution is 0.321. The summed E-state index contributed by atoms with van der Waals surface area (Å²) in [6.07, 6.45) is 3.09. The van der Waals surface area contributed by atoms with Crippen LogP contribution in [-0.2, 0) is 10.0 Å². The lowest BCUT2D eigenvalue weighted by Crippen LogP contribution is -2.48. The zero-order valence-electron chi connectivity index (χ0n) is 14.7. The molecule has 1 unspecified atom stereocenters. The highest BCUT2D eigenvalue weighted by atomic mass is 32.2. The molecule has 0 amide bonds. The number of aryl methyl sites for hydroxylation is 2. The molecule has 3 rings (SSSR count). The van der Waals surface area contributed by atoms with E-state index in [-0.39, 0.29) is 6.04 Å². The molecular formula is C17H24N4O2S. The minimum atomic E-state index is -3.18. The summed E-state index contributed by atoms with van der Waals surface area (Å²) in [6, 6.07) is 6.11. The topological polar surface area (TPSA) is 66.4 Å². The van der Waals surface area contributed by atoms with Crippen molar-refractivity contribution in [3.63, 3.8) is 0 Å². The van der Waals surface area contributed by atoms with Crippen LogP contribution < -0.4 is 4.90 Å². The summed E-state index contributed by atoms with van der Waals surface area (Å²) < 4.78 is 25.1. The molecular weight excluding hydrogens is 324 g/mol. The summed E-state index contributed by atoms with van der Waals surface area (Å²) in [6.45, 7) is 5.58. The Morgan fingerprint density at radius 1 is 1.25 bits per heavy atom. The van der Waals surface area contributed by atoms with Gasteiger partial charge in [0.15, 0.2) is 5.65 Å².